The third-order valence-electron chi connectivity index (χ3n) is 2.30. The molecule has 0 fully saturated rings. The van der Waals surface area contributed by atoms with Crippen molar-refractivity contribution in [3.05, 3.63) is 21.9 Å². The lowest BCUT2D eigenvalue weighted by Crippen LogP contribution is -2.36. The summed E-state index contributed by atoms with van der Waals surface area (Å²) in [6, 6.07) is 2.03. The number of hydrogen-bond acceptors (Lipinski definition) is 4. The molecule has 0 aromatic carbocycles. The molecular formula is C11H19NO2S. The van der Waals surface area contributed by atoms with Crippen molar-refractivity contribution in [1.82, 2.24) is 5.32 Å². The third kappa shape index (κ3) is 3.91. The van der Waals surface area contributed by atoms with Crippen LogP contribution in [0.4, 0.5) is 0 Å². The Morgan fingerprint density at radius 3 is 2.87 bits per heavy atom. The van der Waals surface area contributed by atoms with Crippen molar-refractivity contribution < 1.29 is 9.84 Å². The molecule has 1 aromatic heterocycles. The third-order valence-corrected chi connectivity index (χ3v) is 3.17. The van der Waals surface area contributed by atoms with Gasteiger partial charge in [0, 0.05) is 25.1 Å². The van der Waals surface area contributed by atoms with Crippen LogP contribution in [-0.2, 0) is 10.3 Å². The number of rotatable bonds is 6. The largest absolute Gasteiger partial charge is 0.384 e. The molecule has 1 aromatic rings. The summed E-state index contributed by atoms with van der Waals surface area (Å²) in [5.41, 5.74) is 0.188. The average Bonchev–Trinajstić information content (AvgIpc) is 2.60. The van der Waals surface area contributed by atoms with Crippen molar-refractivity contribution in [2.75, 3.05) is 26.8 Å². The Bertz CT molecular complexity index is 297. The highest BCUT2D eigenvalue weighted by Gasteiger charge is 2.23. The van der Waals surface area contributed by atoms with E-state index in [1.807, 2.05) is 25.3 Å². The van der Waals surface area contributed by atoms with E-state index in [1.165, 1.54) is 4.88 Å². The highest BCUT2D eigenvalue weighted by Crippen LogP contribution is 2.24. The zero-order valence-electron chi connectivity index (χ0n) is 9.54. The SMILES string of the molecule is COCCNCC(C)(O)c1csc(C)c1. The van der Waals surface area contributed by atoms with Gasteiger partial charge in [-0.2, -0.15) is 0 Å². The van der Waals surface area contributed by atoms with Gasteiger partial charge >= 0.3 is 0 Å². The average molecular weight is 229 g/mol. The van der Waals surface area contributed by atoms with Crippen LogP contribution in [0, 0.1) is 6.92 Å². The molecule has 0 saturated carbocycles. The van der Waals surface area contributed by atoms with E-state index in [1.54, 1.807) is 18.4 Å². The molecule has 86 valence electrons. The van der Waals surface area contributed by atoms with Gasteiger partial charge in [0.2, 0.25) is 0 Å². The fourth-order valence-electron chi connectivity index (χ4n) is 1.33. The minimum absolute atomic E-state index is 0.548. The first-order chi connectivity index (χ1) is 7.06. The Morgan fingerprint density at radius 2 is 2.33 bits per heavy atom. The minimum Gasteiger partial charge on any atom is -0.384 e. The zero-order valence-corrected chi connectivity index (χ0v) is 10.4. The van der Waals surface area contributed by atoms with Gasteiger partial charge in [0.1, 0.15) is 0 Å². The molecule has 0 radical (unpaired) electrons. The first-order valence-electron chi connectivity index (χ1n) is 5.04. The fourth-order valence-corrected chi connectivity index (χ4v) is 2.16. The molecule has 15 heavy (non-hydrogen) atoms. The maximum Gasteiger partial charge on any atom is 0.1000 e. The molecule has 1 atom stereocenters. The van der Waals surface area contributed by atoms with E-state index >= 15 is 0 Å². The summed E-state index contributed by atoms with van der Waals surface area (Å²) in [5.74, 6) is 0. The predicted molar refractivity (Wildman–Crippen MR) is 63.4 cm³/mol. The summed E-state index contributed by atoms with van der Waals surface area (Å²) in [6.07, 6.45) is 0. The Labute approximate surface area is 95.1 Å². The topological polar surface area (TPSA) is 41.5 Å². The molecule has 0 saturated heterocycles. The van der Waals surface area contributed by atoms with E-state index in [4.69, 9.17) is 4.74 Å². The van der Waals surface area contributed by atoms with Crippen molar-refractivity contribution in [1.29, 1.82) is 0 Å². The van der Waals surface area contributed by atoms with E-state index < -0.39 is 5.60 Å². The molecule has 0 aliphatic heterocycles. The van der Waals surface area contributed by atoms with Crippen LogP contribution in [0.25, 0.3) is 0 Å². The molecule has 0 bridgehead atoms. The Balaban J connectivity index is 2.44. The second kappa shape index (κ2) is 5.61. The second-order valence-corrected chi connectivity index (χ2v) is 5.00. The molecule has 0 aliphatic carbocycles. The molecule has 0 amide bonds. The second-order valence-electron chi connectivity index (χ2n) is 3.89. The quantitative estimate of drug-likeness (QED) is 0.726. The van der Waals surface area contributed by atoms with Gasteiger partial charge in [-0.3, -0.25) is 0 Å². The van der Waals surface area contributed by atoms with Crippen LogP contribution >= 0.6 is 11.3 Å². The summed E-state index contributed by atoms with van der Waals surface area (Å²) >= 11 is 1.66. The van der Waals surface area contributed by atoms with E-state index in [-0.39, 0.29) is 0 Å². The molecule has 4 heteroatoms. The van der Waals surface area contributed by atoms with Gasteiger partial charge in [-0.05, 0) is 30.9 Å². The van der Waals surface area contributed by atoms with E-state index in [2.05, 4.69) is 5.32 Å². The molecule has 3 nitrogen and oxygen atoms in total. The van der Waals surface area contributed by atoms with Crippen LogP contribution in [0.5, 0.6) is 0 Å². The number of ether oxygens (including phenoxy) is 1. The molecule has 1 heterocycles. The monoisotopic (exact) mass is 229 g/mol. The maximum absolute atomic E-state index is 10.2. The highest BCUT2D eigenvalue weighted by atomic mass is 32.1. The molecule has 0 aliphatic rings. The molecule has 1 unspecified atom stereocenters. The smallest absolute Gasteiger partial charge is 0.1000 e. The van der Waals surface area contributed by atoms with Crippen molar-refractivity contribution >= 4 is 11.3 Å². The van der Waals surface area contributed by atoms with E-state index in [9.17, 15) is 5.11 Å². The lowest BCUT2D eigenvalue weighted by Gasteiger charge is -2.22. The predicted octanol–water partition coefficient (Wildman–Crippen LogP) is 1.50. The fraction of sp³-hybridized carbons (Fsp3) is 0.636. The van der Waals surface area contributed by atoms with Crippen LogP contribution in [0.1, 0.15) is 17.4 Å². The van der Waals surface area contributed by atoms with Crippen LogP contribution < -0.4 is 5.32 Å². The Kier molecular flexibility index (Phi) is 4.73. The Hall–Kier alpha value is -0.420. The molecule has 0 spiro atoms. The highest BCUT2D eigenvalue weighted by molar-refractivity contribution is 7.10. The number of nitrogens with one attached hydrogen (secondary N) is 1. The maximum atomic E-state index is 10.2. The van der Waals surface area contributed by atoms with Gasteiger partial charge in [0.25, 0.3) is 0 Å². The van der Waals surface area contributed by atoms with Gasteiger partial charge in [-0.1, -0.05) is 0 Å². The molecular weight excluding hydrogens is 210 g/mol. The number of hydrogen-bond donors (Lipinski definition) is 2. The van der Waals surface area contributed by atoms with E-state index in [0.29, 0.717) is 13.2 Å². The van der Waals surface area contributed by atoms with Gasteiger partial charge in [-0.15, -0.1) is 11.3 Å². The van der Waals surface area contributed by atoms with Crippen LogP contribution in [-0.4, -0.2) is 31.9 Å². The zero-order chi connectivity index (χ0) is 11.3. The minimum atomic E-state index is -0.793. The lowest BCUT2D eigenvalue weighted by atomic mass is 9.99. The first-order valence-corrected chi connectivity index (χ1v) is 5.92. The van der Waals surface area contributed by atoms with Gasteiger partial charge < -0.3 is 15.2 Å². The van der Waals surface area contributed by atoms with Crippen molar-refractivity contribution in [2.45, 2.75) is 19.4 Å². The number of methoxy groups -OCH3 is 1. The van der Waals surface area contributed by atoms with Crippen LogP contribution in [0.15, 0.2) is 11.4 Å². The van der Waals surface area contributed by atoms with Crippen LogP contribution in [0.2, 0.25) is 0 Å². The summed E-state index contributed by atoms with van der Waals surface area (Å²) in [5, 5.41) is 15.4. The van der Waals surface area contributed by atoms with Crippen molar-refractivity contribution in [3.8, 4) is 0 Å². The summed E-state index contributed by atoms with van der Waals surface area (Å²) < 4.78 is 4.92. The molecule has 2 N–H and O–H groups in total. The van der Waals surface area contributed by atoms with Gasteiger partial charge in [0.05, 0.1) is 12.2 Å². The van der Waals surface area contributed by atoms with E-state index in [0.717, 1.165) is 12.1 Å². The summed E-state index contributed by atoms with van der Waals surface area (Å²) in [6.45, 7) is 5.85. The lowest BCUT2D eigenvalue weighted by molar-refractivity contribution is 0.0554. The number of aryl methyl sites for hydroxylation is 1. The van der Waals surface area contributed by atoms with Crippen molar-refractivity contribution in [3.63, 3.8) is 0 Å². The Morgan fingerprint density at radius 1 is 1.60 bits per heavy atom. The number of aliphatic hydroxyl groups is 1. The van der Waals surface area contributed by atoms with Gasteiger partial charge in [0.15, 0.2) is 0 Å². The first kappa shape index (κ1) is 12.6. The summed E-state index contributed by atoms with van der Waals surface area (Å²) in [7, 11) is 1.67. The number of thiophene rings is 1. The summed E-state index contributed by atoms with van der Waals surface area (Å²) in [4.78, 5) is 1.22. The molecule has 1 rings (SSSR count). The van der Waals surface area contributed by atoms with Crippen LogP contribution in [0.3, 0.4) is 0 Å². The normalized spacial score (nSPS) is 15.2. The van der Waals surface area contributed by atoms with Gasteiger partial charge in [-0.25, -0.2) is 0 Å². The standard InChI is InChI=1S/C11H19NO2S/c1-9-6-10(7-15-9)11(2,13)8-12-4-5-14-3/h6-7,12-13H,4-5,8H2,1-3H3. The van der Waals surface area contributed by atoms with Crippen molar-refractivity contribution in [2.24, 2.45) is 0 Å².